The lowest BCUT2D eigenvalue weighted by atomic mass is 10.2. The number of ether oxygens (including phenoxy) is 2. The van der Waals surface area contributed by atoms with Crippen LogP contribution in [0.2, 0.25) is 5.02 Å². The zero-order valence-corrected chi connectivity index (χ0v) is 16.9. The molecular formula is C23H19ClN2O4. The van der Waals surface area contributed by atoms with E-state index in [0.29, 0.717) is 34.3 Å². The summed E-state index contributed by atoms with van der Waals surface area (Å²) in [5, 5.41) is 4.27. The molecule has 152 valence electrons. The van der Waals surface area contributed by atoms with E-state index in [1.165, 1.54) is 6.21 Å². The maximum Gasteiger partial charge on any atom is 0.343 e. The molecule has 0 aliphatic heterocycles. The molecule has 0 atom stereocenters. The minimum Gasteiger partial charge on any atom is -0.494 e. The number of hydrogen-bond donors (Lipinski definition) is 1. The molecule has 3 rings (SSSR count). The second-order valence-electron chi connectivity index (χ2n) is 6.09. The molecule has 0 saturated heterocycles. The Labute approximate surface area is 179 Å². The van der Waals surface area contributed by atoms with Crippen LogP contribution in [0.3, 0.4) is 0 Å². The van der Waals surface area contributed by atoms with Crippen molar-refractivity contribution in [3.05, 3.63) is 94.5 Å². The summed E-state index contributed by atoms with van der Waals surface area (Å²) < 4.78 is 10.7. The Kier molecular flexibility index (Phi) is 7.19. The zero-order chi connectivity index (χ0) is 21.3. The first-order valence-corrected chi connectivity index (χ1v) is 9.57. The molecule has 0 unspecified atom stereocenters. The molecule has 0 aliphatic carbocycles. The van der Waals surface area contributed by atoms with Gasteiger partial charge in [-0.1, -0.05) is 23.7 Å². The first-order valence-electron chi connectivity index (χ1n) is 9.20. The van der Waals surface area contributed by atoms with E-state index in [4.69, 9.17) is 21.1 Å². The smallest absolute Gasteiger partial charge is 0.343 e. The van der Waals surface area contributed by atoms with Gasteiger partial charge < -0.3 is 9.47 Å². The van der Waals surface area contributed by atoms with Crippen LogP contribution in [0, 0.1) is 0 Å². The van der Waals surface area contributed by atoms with Crippen molar-refractivity contribution in [1.82, 2.24) is 5.43 Å². The fourth-order valence-electron chi connectivity index (χ4n) is 2.51. The zero-order valence-electron chi connectivity index (χ0n) is 16.2. The maximum absolute atomic E-state index is 12.2. The Hall–Kier alpha value is -3.64. The summed E-state index contributed by atoms with van der Waals surface area (Å²) >= 11 is 5.98. The third-order valence-corrected chi connectivity index (χ3v) is 4.32. The van der Waals surface area contributed by atoms with Gasteiger partial charge in [-0.25, -0.2) is 10.2 Å². The molecule has 7 heteroatoms. The fraction of sp³-hybridized carbons (Fsp3) is 0.0870. The second kappa shape index (κ2) is 10.2. The van der Waals surface area contributed by atoms with E-state index in [1.54, 1.807) is 72.8 Å². The Morgan fingerprint density at radius 2 is 1.63 bits per heavy atom. The highest BCUT2D eigenvalue weighted by Gasteiger charge is 2.09. The second-order valence-corrected chi connectivity index (χ2v) is 6.50. The van der Waals surface area contributed by atoms with Crippen LogP contribution < -0.4 is 14.9 Å². The Bertz CT molecular complexity index is 1050. The van der Waals surface area contributed by atoms with Crippen molar-refractivity contribution in [2.45, 2.75) is 6.92 Å². The number of amides is 1. The normalized spacial score (nSPS) is 10.6. The van der Waals surface area contributed by atoms with Crippen molar-refractivity contribution < 1.29 is 19.1 Å². The van der Waals surface area contributed by atoms with E-state index in [-0.39, 0.29) is 0 Å². The van der Waals surface area contributed by atoms with Crippen LogP contribution in [-0.2, 0) is 0 Å². The summed E-state index contributed by atoms with van der Waals surface area (Å²) in [5.74, 6) is 0.217. The predicted molar refractivity (Wildman–Crippen MR) is 116 cm³/mol. The van der Waals surface area contributed by atoms with Gasteiger partial charge in [0.2, 0.25) is 0 Å². The van der Waals surface area contributed by atoms with Crippen molar-refractivity contribution in [2.75, 3.05) is 6.61 Å². The standard InChI is InChI=1S/C23H19ClN2O4/c1-2-29-18-13-9-17(10-14-18)23(28)30-19-11-7-16(8-12-19)15-25-26-22(27)20-5-3-4-6-21(20)24/h3-15H,2H2,1H3,(H,26,27)/b25-15-. The summed E-state index contributed by atoms with van der Waals surface area (Å²) in [7, 11) is 0. The maximum atomic E-state index is 12.2. The highest BCUT2D eigenvalue weighted by molar-refractivity contribution is 6.33. The van der Waals surface area contributed by atoms with Crippen molar-refractivity contribution >= 4 is 29.7 Å². The number of esters is 1. The van der Waals surface area contributed by atoms with Gasteiger partial charge in [0.1, 0.15) is 11.5 Å². The van der Waals surface area contributed by atoms with Crippen LogP contribution in [0.4, 0.5) is 0 Å². The number of hydrazone groups is 1. The number of carbonyl (C=O) groups excluding carboxylic acids is 2. The van der Waals surface area contributed by atoms with Crippen molar-refractivity contribution in [2.24, 2.45) is 5.10 Å². The molecule has 0 bridgehead atoms. The van der Waals surface area contributed by atoms with Crippen molar-refractivity contribution in [3.8, 4) is 11.5 Å². The Morgan fingerprint density at radius 3 is 2.30 bits per heavy atom. The van der Waals surface area contributed by atoms with E-state index in [2.05, 4.69) is 10.5 Å². The number of nitrogens with zero attached hydrogens (tertiary/aromatic N) is 1. The third-order valence-electron chi connectivity index (χ3n) is 3.99. The average molecular weight is 423 g/mol. The summed E-state index contributed by atoms with van der Waals surface area (Å²) in [6, 6.07) is 20.2. The summed E-state index contributed by atoms with van der Waals surface area (Å²) in [5.41, 5.74) is 3.90. The topological polar surface area (TPSA) is 77.0 Å². The minimum absolute atomic E-state index is 0.341. The molecular weight excluding hydrogens is 404 g/mol. The van der Waals surface area contributed by atoms with Gasteiger partial charge in [0.15, 0.2) is 0 Å². The molecule has 0 aliphatic rings. The molecule has 1 amide bonds. The molecule has 0 saturated carbocycles. The molecule has 0 aromatic heterocycles. The Balaban J connectivity index is 1.55. The van der Waals surface area contributed by atoms with Crippen molar-refractivity contribution in [3.63, 3.8) is 0 Å². The van der Waals surface area contributed by atoms with Crippen LogP contribution in [0.1, 0.15) is 33.2 Å². The van der Waals surface area contributed by atoms with E-state index in [1.807, 2.05) is 6.92 Å². The quantitative estimate of drug-likeness (QED) is 0.258. The van der Waals surface area contributed by atoms with E-state index in [9.17, 15) is 9.59 Å². The minimum atomic E-state index is -0.466. The lowest BCUT2D eigenvalue weighted by Gasteiger charge is -2.06. The molecule has 3 aromatic carbocycles. The largest absolute Gasteiger partial charge is 0.494 e. The number of benzene rings is 3. The number of hydrogen-bond acceptors (Lipinski definition) is 5. The summed E-state index contributed by atoms with van der Waals surface area (Å²) in [6.45, 7) is 2.45. The first-order chi connectivity index (χ1) is 14.6. The van der Waals surface area contributed by atoms with Crippen molar-refractivity contribution in [1.29, 1.82) is 0 Å². The SMILES string of the molecule is CCOc1ccc(C(=O)Oc2ccc(/C=N\NC(=O)c3ccccc3Cl)cc2)cc1. The number of carbonyl (C=O) groups is 2. The van der Waals surface area contributed by atoms with Gasteiger partial charge in [-0.05, 0) is 73.2 Å². The third kappa shape index (κ3) is 5.68. The molecule has 30 heavy (non-hydrogen) atoms. The monoisotopic (exact) mass is 422 g/mol. The van der Waals surface area contributed by atoms with Gasteiger partial charge >= 0.3 is 5.97 Å². The number of nitrogens with one attached hydrogen (secondary N) is 1. The van der Waals surface area contributed by atoms with Crippen LogP contribution in [0.25, 0.3) is 0 Å². The highest BCUT2D eigenvalue weighted by atomic mass is 35.5. The van der Waals surface area contributed by atoms with Gasteiger partial charge in [-0.3, -0.25) is 4.79 Å². The fourth-order valence-corrected chi connectivity index (χ4v) is 2.73. The molecule has 6 nitrogen and oxygen atoms in total. The van der Waals surface area contributed by atoms with E-state index < -0.39 is 11.9 Å². The van der Waals surface area contributed by atoms with E-state index in [0.717, 1.165) is 5.56 Å². The Morgan fingerprint density at radius 1 is 0.967 bits per heavy atom. The molecule has 0 radical (unpaired) electrons. The molecule has 3 aromatic rings. The highest BCUT2D eigenvalue weighted by Crippen LogP contribution is 2.17. The lowest BCUT2D eigenvalue weighted by Crippen LogP contribution is -2.17. The first kappa shape index (κ1) is 21.1. The lowest BCUT2D eigenvalue weighted by molar-refractivity contribution is 0.0734. The molecule has 1 N–H and O–H groups in total. The summed E-state index contributed by atoms with van der Waals surface area (Å²) in [6.07, 6.45) is 1.48. The predicted octanol–water partition coefficient (Wildman–Crippen LogP) is 4.72. The summed E-state index contributed by atoms with van der Waals surface area (Å²) in [4.78, 5) is 24.3. The van der Waals surface area contributed by atoms with Gasteiger partial charge in [0, 0.05) is 0 Å². The molecule has 0 spiro atoms. The average Bonchev–Trinajstić information content (AvgIpc) is 2.76. The van der Waals surface area contributed by atoms with Gasteiger partial charge in [-0.2, -0.15) is 5.10 Å². The van der Waals surface area contributed by atoms with Gasteiger partial charge in [-0.15, -0.1) is 0 Å². The molecule has 0 fully saturated rings. The van der Waals surface area contributed by atoms with Crippen LogP contribution in [0.15, 0.2) is 77.9 Å². The van der Waals surface area contributed by atoms with Crippen LogP contribution in [-0.4, -0.2) is 24.7 Å². The number of halogens is 1. The van der Waals surface area contributed by atoms with Gasteiger partial charge in [0.25, 0.3) is 5.91 Å². The van der Waals surface area contributed by atoms with Crippen LogP contribution in [0.5, 0.6) is 11.5 Å². The van der Waals surface area contributed by atoms with Crippen LogP contribution >= 0.6 is 11.6 Å². The molecule has 0 heterocycles. The number of rotatable bonds is 7. The van der Waals surface area contributed by atoms with Gasteiger partial charge in [0.05, 0.1) is 29.0 Å². The van der Waals surface area contributed by atoms with E-state index >= 15 is 0 Å².